The standard InChI is InChI=1S/C13H11ClN4O2S/c1-7-8(14)3-2-4-9(7)18-11(19)5-10(12(18)20)21-13-15-6-16-17-13/h2-4,6,10H,5H2,1H3,(H,15,16,17)/t10-/m0/s1. The van der Waals surface area contributed by atoms with Crippen LogP contribution in [-0.4, -0.2) is 32.2 Å². The second-order valence-corrected chi connectivity index (χ2v) is 6.15. The van der Waals surface area contributed by atoms with Gasteiger partial charge < -0.3 is 0 Å². The van der Waals surface area contributed by atoms with Gasteiger partial charge in [-0.1, -0.05) is 29.4 Å². The van der Waals surface area contributed by atoms with Gasteiger partial charge in [0.1, 0.15) is 11.6 Å². The van der Waals surface area contributed by atoms with E-state index in [1.54, 1.807) is 25.1 Å². The molecule has 2 aromatic rings. The van der Waals surface area contributed by atoms with Crippen molar-refractivity contribution < 1.29 is 9.59 Å². The number of amides is 2. The van der Waals surface area contributed by atoms with Crippen LogP contribution in [0.3, 0.4) is 0 Å². The molecule has 0 spiro atoms. The summed E-state index contributed by atoms with van der Waals surface area (Å²) in [5.41, 5.74) is 1.25. The third kappa shape index (κ3) is 2.54. The molecule has 1 N–H and O–H groups in total. The number of carbonyl (C=O) groups excluding carboxylic acids is 2. The van der Waals surface area contributed by atoms with Gasteiger partial charge in [-0.25, -0.2) is 9.88 Å². The number of hydrogen-bond acceptors (Lipinski definition) is 5. The van der Waals surface area contributed by atoms with Crippen LogP contribution in [0, 0.1) is 6.92 Å². The van der Waals surface area contributed by atoms with Crippen molar-refractivity contribution in [1.82, 2.24) is 15.2 Å². The zero-order valence-electron chi connectivity index (χ0n) is 11.0. The van der Waals surface area contributed by atoms with Crippen molar-refractivity contribution in [1.29, 1.82) is 0 Å². The lowest BCUT2D eigenvalue weighted by molar-refractivity contribution is -0.121. The number of hydrogen-bond donors (Lipinski definition) is 1. The number of thioether (sulfide) groups is 1. The number of aromatic nitrogens is 3. The van der Waals surface area contributed by atoms with Gasteiger partial charge in [0.25, 0.3) is 0 Å². The van der Waals surface area contributed by atoms with Gasteiger partial charge in [0, 0.05) is 11.4 Å². The number of nitrogens with one attached hydrogen (secondary N) is 1. The van der Waals surface area contributed by atoms with Crippen LogP contribution in [0.5, 0.6) is 0 Å². The Morgan fingerprint density at radius 2 is 2.24 bits per heavy atom. The van der Waals surface area contributed by atoms with E-state index in [2.05, 4.69) is 15.2 Å². The molecule has 2 amide bonds. The fourth-order valence-corrected chi connectivity index (χ4v) is 3.26. The van der Waals surface area contributed by atoms with Crippen molar-refractivity contribution in [2.24, 2.45) is 0 Å². The predicted octanol–water partition coefficient (Wildman–Crippen LogP) is 2.19. The van der Waals surface area contributed by atoms with Gasteiger partial charge in [-0.3, -0.25) is 14.7 Å². The van der Waals surface area contributed by atoms with Crippen LogP contribution in [0.25, 0.3) is 0 Å². The van der Waals surface area contributed by atoms with E-state index in [4.69, 9.17) is 11.6 Å². The summed E-state index contributed by atoms with van der Waals surface area (Å²) < 4.78 is 0. The number of imide groups is 1. The smallest absolute Gasteiger partial charge is 0.247 e. The van der Waals surface area contributed by atoms with E-state index in [1.807, 2.05) is 0 Å². The first-order valence-electron chi connectivity index (χ1n) is 6.22. The van der Waals surface area contributed by atoms with E-state index in [1.165, 1.54) is 23.0 Å². The lowest BCUT2D eigenvalue weighted by Crippen LogP contribution is -2.31. The van der Waals surface area contributed by atoms with Gasteiger partial charge in [-0.15, -0.1) is 0 Å². The predicted molar refractivity (Wildman–Crippen MR) is 79.3 cm³/mol. The molecule has 108 valence electrons. The topological polar surface area (TPSA) is 79.0 Å². The van der Waals surface area contributed by atoms with E-state index in [0.717, 1.165) is 0 Å². The first-order valence-corrected chi connectivity index (χ1v) is 7.47. The van der Waals surface area contributed by atoms with Gasteiger partial charge in [-0.05, 0) is 24.6 Å². The van der Waals surface area contributed by atoms with Crippen molar-refractivity contribution in [3.8, 4) is 0 Å². The molecule has 1 saturated heterocycles. The summed E-state index contributed by atoms with van der Waals surface area (Å²) in [5, 5.41) is 6.95. The fourth-order valence-electron chi connectivity index (χ4n) is 2.17. The molecule has 1 aliphatic heterocycles. The summed E-state index contributed by atoms with van der Waals surface area (Å²) in [6.07, 6.45) is 1.50. The van der Waals surface area contributed by atoms with E-state index in [9.17, 15) is 9.59 Å². The quantitative estimate of drug-likeness (QED) is 0.876. The SMILES string of the molecule is Cc1c(Cl)cccc1N1C(=O)C[C@H](Sc2ncn[nH]2)C1=O. The van der Waals surface area contributed by atoms with Crippen LogP contribution in [0.2, 0.25) is 5.02 Å². The van der Waals surface area contributed by atoms with Gasteiger partial charge in [0.2, 0.25) is 11.8 Å². The maximum absolute atomic E-state index is 12.5. The second kappa shape index (κ2) is 5.50. The minimum absolute atomic E-state index is 0.135. The number of carbonyl (C=O) groups is 2. The summed E-state index contributed by atoms with van der Waals surface area (Å²) in [6, 6.07) is 5.17. The lowest BCUT2D eigenvalue weighted by Gasteiger charge is -2.17. The highest BCUT2D eigenvalue weighted by molar-refractivity contribution is 8.00. The number of halogens is 1. The maximum Gasteiger partial charge on any atom is 0.247 e. The molecule has 1 fully saturated rings. The Bertz CT molecular complexity index is 704. The van der Waals surface area contributed by atoms with Gasteiger partial charge in [-0.2, -0.15) is 5.10 Å². The van der Waals surface area contributed by atoms with Crippen LogP contribution in [0.1, 0.15) is 12.0 Å². The van der Waals surface area contributed by atoms with Crippen LogP contribution in [0.4, 0.5) is 5.69 Å². The number of anilines is 1. The second-order valence-electron chi connectivity index (χ2n) is 4.55. The number of nitrogens with zero attached hydrogens (tertiary/aromatic N) is 3. The fraction of sp³-hybridized carbons (Fsp3) is 0.231. The summed E-state index contributed by atoms with van der Waals surface area (Å²) in [4.78, 5) is 29.8. The molecule has 0 saturated carbocycles. The van der Waals surface area contributed by atoms with Crippen molar-refractivity contribution in [3.63, 3.8) is 0 Å². The van der Waals surface area contributed by atoms with Crippen molar-refractivity contribution >= 4 is 40.9 Å². The van der Waals surface area contributed by atoms with Gasteiger partial charge >= 0.3 is 0 Å². The summed E-state index contributed by atoms with van der Waals surface area (Å²) >= 11 is 7.27. The Hall–Kier alpha value is -1.86. The zero-order chi connectivity index (χ0) is 15.0. The Morgan fingerprint density at radius 3 is 2.95 bits per heavy atom. The first kappa shape index (κ1) is 14.1. The number of aromatic amines is 1. The molecule has 1 aromatic carbocycles. The normalized spacial score (nSPS) is 18.6. The molecular weight excluding hydrogens is 312 g/mol. The van der Waals surface area contributed by atoms with E-state index in [-0.39, 0.29) is 18.2 Å². The van der Waals surface area contributed by atoms with E-state index >= 15 is 0 Å². The zero-order valence-corrected chi connectivity index (χ0v) is 12.6. The Balaban J connectivity index is 1.88. The van der Waals surface area contributed by atoms with E-state index in [0.29, 0.717) is 21.4 Å². The summed E-state index contributed by atoms with van der Waals surface area (Å²) in [5.74, 6) is -0.492. The number of rotatable bonds is 3. The first-order chi connectivity index (χ1) is 10.1. The van der Waals surface area contributed by atoms with E-state index < -0.39 is 5.25 Å². The number of benzene rings is 1. The van der Waals surface area contributed by atoms with Crippen molar-refractivity contribution in [2.75, 3.05) is 4.90 Å². The minimum atomic E-state index is -0.496. The Morgan fingerprint density at radius 1 is 1.43 bits per heavy atom. The highest BCUT2D eigenvalue weighted by Crippen LogP contribution is 2.35. The molecule has 2 heterocycles. The monoisotopic (exact) mass is 322 g/mol. The third-order valence-corrected chi connectivity index (χ3v) is 4.71. The molecule has 0 unspecified atom stereocenters. The average molecular weight is 323 g/mol. The highest BCUT2D eigenvalue weighted by Gasteiger charge is 2.41. The molecule has 0 radical (unpaired) electrons. The molecule has 0 aliphatic carbocycles. The van der Waals surface area contributed by atoms with Crippen molar-refractivity contribution in [2.45, 2.75) is 23.8 Å². The molecule has 1 aromatic heterocycles. The van der Waals surface area contributed by atoms with Crippen LogP contribution in [-0.2, 0) is 9.59 Å². The number of H-pyrrole nitrogens is 1. The lowest BCUT2D eigenvalue weighted by atomic mass is 10.2. The summed E-state index contributed by atoms with van der Waals surface area (Å²) in [6.45, 7) is 1.79. The van der Waals surface area contributed by atoms with Crippen LogP contribution in [0.15, 0.2) is 29.7 Å². The van der Waals surface area contributed by atoms with Crippen LogP contribution < -0.4 is 4.90 Å². The van der Waals surface area contributed by atoms with Crippen LogP contribution >= 0.6 is 23.4 Å². The molecule has 21 heavy (non-hydrogen) atoms. The maximum atomic E-state index is 12.5. The largest absolute Gasteiger partial charge is 0.274 e. The molecular formula is C13H11ClN4O2S. The molecule has 8 heteroatoms. The van der Waals surface area contributed by atoms with Crippen molar-refractivity contribution in [3.05, 3.63) is 35.1 Å². The van der Waals surface area contributed by atoms with Gasteiger partial charge in [0.05, 0.1) is 5.69 Å². The molecule has 6 nitrogen and oxygen atoms in total. The molecule has 1 aliphatic rings. The highest BCUT2D eigenvalue weighted by atomic mass is 35.5. The minimum Gasteiger partial charge on any atom is -0.274 e. The summed E-state index contributed by atoms with van der Waals surface area (Å²) in [7, 11) is 0. The molecule has 1 atom stereocenters. The Labute approximate surface area is 129 Å². The van der Waals surface area contributed by atoms with Gasteiger partial charge in [0.15, 0.2) is 5.16 Å². The molecule has 3 rings (SSSR count). The Kier molecular flexibility index (Phi) is 3.69. The molecule has 0 bridgehead atoms. The average Bonchev–Trinajstić information content (AvgIpc) is 3.04. The third-order valence-electron chi connectivity index (χ3n) is 3.23.